The van der Waals surface area contributed by atoms with Crippen LogP contribution in [0.3, 0.4) is 0 Å². The number of thioether (sulfide) groups is 2. The Morgan fingerprint density at radius 3 is 2.63 bits per heavy atom. The maximum atomic E-state index is 15.4. The Kier molecular flexibility index (Phi) is 7.45. The second-order valence-electron chi connectivity index (χ2n) is 6.12. The van der Waals surface area contributed by atoms with Gasteiger partial charge in [0.05, 0.1) is 6.61 Å². The quantitative estimate of drug-likeness (QED) is 0.608. The van der Waals surface area contributed by atoms with Gasteiger partial charge >= 0.3 is 0 Å². The van der Waals surface area contributed by atoms with E-state index in [2.05, 4.69) is 20.5 Å². The van der Waals surface area contributed by atoms with Crippen LogP contribution in [0.5, 0.6) is 0 Å². The van der Waals surface area contributed by atoms with Crippen LogP contribution < -0.4 is 5.32 Å². The number of hydrogen-bond donors (Lipinski definition) is 2. The second kappa shape index (κ2) is 9.01. The topological polar surface area (TPSA) is 98.6 Å². The van der Waals surface area contributed by atoms with Crippen molar-refractivity contribution in [1.29, 1.82) is 0 Å². The van der Waals surface area contributed by atoms with Gasteiger partial charge in [0.15, 0.2) is 11.5 Å². The summed E-state index contributed by atoms with van der Waals surface area (Å²) in [6.07, 6.45) is 3.41. The third kappa shape index (κ3) is 4.22. The lowest BCUT2D eigenvalue weighted by atomic mass is 9.87. The van der Waals surface area contributed by atoms with Crippen molar-refractivity contribution in [2.45, 2.75) is 47.7 Å². The molecule has 2 heterocycles. The van der Waals surface area contributed by atoms with Gasteiger partial charge in [-0.1, -0.05) is 11.8 Å². The summed E-state index contributed by atoms with van der Waals surface area (Å²) in [5.41, 5.74) is -1.97. The van der Waals surface area contributed by atoms with Gasteiger partial charge in [-0.05, 0) is 26.4 Å². The molecule has 1 aromatic heterocycles. The molecule has 27 heavy (non-hydrogen) atoms. The molecule has 1 aliphatic heterocycles. The number of halogens is 1. The molecule has 0 amide bonds. The van der Waals surface area contributed by atoms with Crippen LogP contribution in [-0.2, 0) is 14.2 Å². The number of methoxy groups -OCH3 is 2. The maximum Gasteiger partial charge on any atom is 0.228 e. The molecule has 0 spiro atoms. The molecule has 8 nitrogen and oxygen atoms in total. The first-order valence-electron chi connectivity index (χ1n) is 8.12. The molecule has 1 unspecified atom stereocenters. The molecule has 2 rings (SSSR count). The molecule has 0 bridgehead atoms. The summed E-state index contributed by atoms with van der Waals surface area (Å²) < 4.78 is 31.4. The molecule has 1 aliphatic rings. The SMILES string of the molecule is COC[C@H]1OC(O)(/C(C)=C/Nc2nnc(SC)nc2SC)[C@](C)(F)[C@@H]1OC. The fourth-order valence-corrected chi connectivity index (χ4v) is 3.80. The first-order valence-corrected chi connectivity index (χ1v) is 10.6. The molecular weight excluding hydrogens is 395 g/mol. The molecule has 0 aliphatic carbocycles. The first kappa shape index (κ1) is 22.3. The Labute approximate surface area is 166 Å². The maximum absolute atomic E-state index is 15.4. The Hall–Kier alpha value is -0.980. The lowest BCUT2D eigenvalue weighted by Crippen LogP contribution is -2.52. The Bertz CT molecular complexity index is 694. The lowest BCUT2D eigenvalue weighted by molar-refractivity contribution is -0.217. The van der Waals surface area contributed by atoms with E-state index in [0.717, 1.165) is 0 Å². The van der Waals surface area contributed by atoms with Crippen molar-refractivity contribution < 1.29 is 23.7 Å². The van der Waals surface area contributed by atoms with Crippen molar-refractivity contribution in [3.05, 3.63) is 11.8 Å². The fourth-order valence-electron chi connectivity index (χ4n) is 2.97. The summed E-state index contributed by atoms with van der Waals surface area (Å²) in [7, 11) is 2.85. The summed E-state index contributed by atoms with van der Waals surface area (Å²) >= 11 is 2.78. The molecule has 4 atom stereocenters. The number of nitrogens with one attached hydrogen (secondary N) is 1. The highest BCUT2D eigenvalue weighted by atomic mass is 32.2. The molecular formula is C16H25FN4O4S2. The molecule has 152 valence electrons. The van der Waals surface area contributed by atoms with Gasteiger partial charge in [-0.3, -0.25) is 0 Å². The molecule has 0 aromatic carbocycles. The smallest absolute Gasteiger partial charge is 0.228 e. The fraction of sp³-hybridized carbons (Fsp3) is 0.688. The standard InChI is InChI=1S/C16H25FN4O4S2/c1-9(7-18-12-13(26-5)19-14(27-6)21-20-12)16(22)15(2,17)11(24-4)10(25-16)8-23-3/h7,10-11,22H,8H2,1-6H3,(H,18,20)/b9-7+/t10-,11-,15-,16?/m1/s1. The zero-order valence-corrected chi connectivity index (χ0v) is 17.8. The predicted molar refractivity (Wildman–Crippen MR) is 103 cm³/mol. The van der Waals surface area contributed by atoms with E-state index in [9.17, 15) is 5.11 Å². The minimum Gasteiger partial charge on any atom is -0.382 e. The Balaban J connectivity index is 2.29. The Morgan fingerprint density at radius 1 is 1.37 bits per heavy atom. The normalized spacial score (nSPS) is 31.3. The van der Waals surface area contributed by atoms with Gasteiger partial charge in [0.25, 0.3) is 0 Å². The molecule has 1 fully saturated rings. The first-order chi connectivity index (χ1) is 12.7. The number of nitrogens with zero attached hydrogens (tertiary/aromatic N) is 3. The third-order valence-corrected chi connectivity index (χ3v) is 5.62. The van der Waals surface area contributed by atoms with E-state index in [1.807, 2.05) is 12.5 Å². The van der Waals surface area contributed by atoms with Crippen molar-refractivity contribution >= 4 is 29.3 Å². The largest absolute Gasteiger partial charge is 0.382 e. The number of aliphatic hydroxyl groups is 1. The van der Waals surface area contributed by atoms with E-state index in [-0.39, 0.29) is 12.2 Å². The van der Waals surface area contributed by atoms with Crippen LogP contribution in [0, 0.1) is 0 Å². The summed E-state index contributed by atoms with van der Waals surface area (Å²) in [6.45, 7) is 2.89. The van der Waals surface area contributed by atoms with Gasteiger partial charge in [0.1, 0.15) is 17.2 Å². The van der Waals surface area contributed by atoms with Crippen LogP contribution in [0.4, 0.5) is 10.2 Å². The van der Waals surface area contributed by atoms with Crippen molar-refractivity contribution in [3.63, 3.8) is 0 Å². The molecule has 11 heteroatoms. The van der Waals surface area contributed by atoms with E-state index in [1.165, 1.54) is 50.9 Å². The van der Waals surface area contributed by atoms with Crippen LogP contribution in [0.25, 0.3) is 0 Å². The van der Waals surface area contributed by atoms with Crippen molar-refractivity contribution in [1.82, 2.24) is 15.2 Å². The van der Waals surface area contributed by atoms with Crippen LogP contribution >= 0.6 is 23.5 Å². The average molecular weight is 421 g/mol. The molecule has 1 aromatic rings. The monoisotopic (exact) mass is 420 g/mol. The van der Waals surface area contributed by atoms with Crippen molar-refractivity contribution in [3.8, 4) is 0 Å². The molecule has 0 radical (unpaired) electrons. The van der Waals surface area contributed by atoms with E-state index >= 15 is 4.39 Å². The van der Waals surface area contributed by atoms with Crippen LogP contribution in [0.2, 0.25) is 0 Å². The van der Waals surface area contributed by atoms with E-state index in [0.29, 0.717) is 16.0 Å². The summed E-state index contributed by atoms with van der Waals surface area (Å²) in [5, 5.41) is 23.1. The number of rotatable bonds is 8. The zero-order chi connectivity index (χ0) is 20.2. The minimum absolute atomic E-state index is 0.0865. The highest BCUT2D eigenvalue weighted by molar-refractivity contribution is 7.99. The summed E-state index contributed by atoms with van der Waals surface area (Å²) in [6, 6.07) is 0. The van der Waals surface area contributed by atoms with Crippen LogP contribution in [-0.4, -0.2) is 77.3 Å². The van der Waals surface area contributed by atoms with E-state index in [1.54, 1.807) is 6.92 Å². The van der Waals surface area contributed by atoms with Gasteiger partial charge in [0, 0.05) is 26.0 Å². The van der Waals surface area contributed by atoms with Gasteiger partial charge in [-0.2, -0.15) is 0 Å². The number of ether oxygens (including phenoxy) is 3. The summed E-state index contributed by atoms with van der Waals surface area (Å²) in [5.74, 6) is -1.79. The molecule has 0 saturated carbocycles. The van der Waals surface area contributed by atoms with Gasteiger partial charge < -0.3 is 24.6 Å². The zero-order valence-electron chi connectivity index (χ0n) is 16.1. The van der Waals surface area contributed by atoms with Crippen LogP contribution in [0.15, 0.2) is 22.0 Å². The van der Waals surface area contributed by atoms with E-state index in [4.69, 9.17) is 14.2 Å². The van der Waals surface area contributed by atoms with Crippen molar-refractivity contribution in [2.24, 2.45) is 0 Å². The minimum atomic E-state index is -2.19. The van der Waals surface area contributed by atoms with Gasteiger partial charge in [-0.15, -0.1) is 22.0 Å². The highest BCUT2D eigenvalue weighted by Gasteiger charge is 2.65. The predicted octanol–water partition coefficient (Wildman–Crippen LogP) is 2.11. The third-order valence-electron chi connectivity index (χ3n) is 4.41. The van der Waals surface area contributed by atoms with Crippen LogP contribution in [0.1, 0.15) is 13.8 Å². The summed E-state index contributed by atoms with van der Waals surface area (Å²) in [4.78, 5) is 4.35. The number of aromatic nitrogens is 3. The van der Waals surface area contributed by atoms with Crippen molar-refractivity contribution in [2.75, 3.05) is 38.7 Å². The van der Waals surface area contributed by atoms with E-state index < -0.39 is 23.7 Å². The molecule has 1 saturated heterocycles. The van der Waals surface area contributed by atoms with Gasteiger partial charge in [0.2, 0.25) is 10.9 Å². The number of hydrogen-bond acceptors (Lipinski definition) is 10. The second-order valence-corrected chi connectivity index (χ2v) is 7.68. The average Bonchev–Trinajstić information content (AvgIpc) is 2.85. The number of alkyl halides is 1. The highest BCUT2D eigenvalue weighted by Crippen LogP contribution is 2.46. The Morgan fingerprint density at radius 2 is 2.07 bits per heavy atom. The lowest BCUT2D eigenvalue weighted by Gasteiger charge is -2.34. The van der Waals surface area contributed by atoms with Gasteiger partial charge in [-0.25, -0.2) is 9.37 Å². The number of anilines is 1. The molecule has 2 N–H and O–H groups in total.